The lowest BCUT2D eigenvalue weighted by Crippen LogP contribution is -2.09. The van der Waals surface area contributed by atoms with E-state index < -0.39 is 39.9 Å². The Morgan fingerprint density at radius 3 is 2.27 bits per heavy atom. The molecule has 0 saturated heterocycles. The number of aromatic nitrogens is 1. The van der Waals surface area contributed by atoms with Crippen LogP contribution in [-0.4, -0.2) is 27.6 Å². The molecule has 1 aromatic heterocycles. The van der Waals surface area contributed by atoms with Gasteiger partial charge in [-0.3, -0.25) is 10.1 Å². The highest BCUT2D eigenvalue weighted by Crippen LogP contribution is 2.38. The van der Waals surface area contributed by atoms with Crippen molar-refractivity contribution in [2.45, 2.75) is 6.18 Å². The SMILES string of the molecule is O=C(O)COc1ccc(Oc2cc(Oc3ncc(C(F)(F)F)cc3Cl)ccc2[N+](=O)[O-])cc1. The van der Waals surface area contributed by atoms with Crippen LogP contribution < -0.4 is 14.2 Å². The number of carboxylic acids is 1. The Morgan fingerprint density at radius 1 is 1.06 bits per heavy atom. The van der Waals surface area contributed by atoms with Crippen molar-refractivity contribution < 1.29 is 42.2 Å². The van der Waals surface area contributed by atoms with Crippen molar-refractivity contribution in [2.75, 3.05) is 6.61 Å². The van der Waals surface area contributed by atoms with Gasteiger partial charge in [0.2, 0.25) is 11.6 Å². The van der Waals surface area contributed by atoms with E-state index in [2.05, 4.69) is 4.98 Å². The summed E-state index contributed by atoms with van der Waals surface area (Å²) < 4.78 is 54.2. The number of nitro groups is 1. The number of halogens is 4. The molecule has 172 valence electrons. The topological polar surface area (TPSA) is 121 Å². The average Bonchev–Trinajstić information content (AvgIpc) is 2.74. The molecule has 0 spiro atoms. The molecule has 0 aliphatic heterocycles. The number of pyridine rings is 1. The number of alkyl halides is 3. The predicted molar refractivity (Wildman–Crippen MR) is 107 cm³/mol. The largest absolute Gasteiger partial charge is 0.482 e. The Morgan fingerprint density at radius 2 is 1.70 bits per heavy atom. The number of aliphatic carboxylic acids is 1. The maximum Gasteiger partial charge on any atom is 0.417 e. The number of carbonyl (C=O) groups is 1. The number of ether oxygens (including phenoxy) is 3. The summed E-state index contributed by atoms with van der Waals surface area (Å²) in [5, 5.41) is 19.5. The molecule has 1 heterocycles. The number of rotatable bonds is 8. The third-order valence-corrected chi connectivity index (χ3v) is 4.16. The van der Waals surface area contributed by atoms with E-state index in [0.717, 1.165) is 12.1 Å². The zero-order chi connectivity index (χ0) is 24.2. The minimum absolute atomic E-state index is 0.0360. The predicted octanol–water partition coefficient (Wildman–Crippen LogP) is 5.71. The maximum atomic E-state index is 12.8. The fourth-order valence-corrected chi connectivity index (χ4v) is 2.64. The number of carboxylic acid groups (broad SMARTS) is 1. The van der Waals surface area contributed by atoms with Crippen molar-refractivity contribution in [2.24, 2.45) is 0 Å². The summed E-state index contributed by atoms with van der Waals surface area (Å²) in [6, 6.07) is 9.64. The molecule has 3 rings (SSSR count). The Labute approximate surface area is 188 Å². The highest BCUT2D eigenvalue weighted by atomic mass is 35.5. The quantitative estimate of drug-likeness (QED) is 0.319. The molecule has 0 fully saturated rings. The molecule has 0 aliphatic carbocycles. The summed E-state index contributed by atoms with van der Waals surface area (Å²) in [6.45, 7) is -0.550. The molecule has 9 nitrogen and oxygen atoms in total. The molecule has 0 atom stereocenters. The number of hydrogen-bond acceptors (Lipinski definition) is 7. The number of hydrogen-bond donors (Lipinski definition) is 1. The van der Waals surface area contributed by atoms with Crippen LogP contribution in [0.2, 0.25) is 5.02 Å². The Kier molecular flexibility index (Phi) is 6.87. The molecule has 0 aliphatic rings. The van der Waals surface area contributed by atoms with Gasteiger partial charge in [-0.2, -0.15) is 13.2 Å². The van der Waals surface area contributed by atoms with Crippen LogP contribution >= 0.6 is 11.6 Å². The first kappa shape index (κ1) is 23.6. The zero-order valence-corrected chi connectivity index (χ0v) is 17.0. The summed E-state index contributed by atoms with van der Waals surface area (Å²) in [4.78, 5) is 24.7. The van der Waals surface area contributed by atoms with Crippen molar-refractivity contribution in [3.63, 3.8) is 0 Å². The normalized spacial score (nSPS) is 11.0. The number of nitrogens with zero attached hydrogens (tertiary/aromatic N) is 2. The molecule has 0 saturated carbocycles. The van der Waals surface area contributed by atoms with E-state index in [1.807, 2.05) is 0 Å². The zero-order valence-electron chi connectivity index (χ0n) is 16.2. The van der Waals surface area contributed by atoms with Crippen LogP contribution in [0.15, 0.2) is 54.7 Å². The van der Waals surface area contributed by atoms with Crippen molar-refractivity contribution in [1.82, 2.24) is 4.98 Å². The van der Waals surface area contributed by atoms with Crippen LogP contribution in [0, 0.1) is 10.1 Å². The molecule has 1 N–H and O–H groups in total. The minimum Gasteiger partial charge on any atom is -0.482 e. The standard InChI is InChI=1S/C20H12ClF3N2O7/c21-15-7-11(20(22,23)24)9-25-19(15)33-14-5-6-16(26(29)30)17(8-14)32-13-3-1-12(2-4-13)31-10-18(27)28/h1-9H,10H2,(H,27,28). The molecular weight excluding hydrogens is 473 g/mol. The second kappa shape index (κ2) is 9.61. The van der Waals surface area contributed by atoms with E-state index in [0.29, 0.717) is 12.3 Å². The van der Waals surface area contributed by atoms with Crippen LogP contribution in [0.3, 0.4) is 0 Å². The van der Waals surface area contributed by atoms with Crippen LogP contribution in [0.5, 0.6) is 28.9 Å². The van der Waals surface area contributed by atoms with E-state index in [1.54, 1.807) is 0 Å². The molecular formula is C20H12ClF3N2O7. The third-order valence-electron chi connectivity index (χ3n) is 3.89. The van der Waals surface area contributed by atoms with Gasteiger partial charge in [0.25, 0.3) is 0 Å². The van der Waals surface area contributed by atoms with Gasteiger partial charge in [0, 0.05) is 18.3 Å². The maximum absolute atomic E-state index is 12.8. The molecule has 0 unspecified atom stereocenters. The summed E-state index contributed by atoms with van der Waals surface area (Å²) >= 11 is 5.82. The van der Waals surface area contributed by atoms with Gasteiger partial charge in [-0.25, -0.2) is 9.78 Å². The molecule has 2 aromatic carbocycles. The van der Waals surface area contributed by atoms with Crippen LogP contribution in [0.4, 0.5) is 18.9 Å². The van der Waals surface area contributed by atoms with E-state index in [1.165, 1.54) is 30.3 Å². The monoisotopic (exact) mass is 484 g/mol. The van der Waals surface area contributed by atoms with Gasteiger partial charge in [-0.15, -0.1) is 0 Å². The lowest BCUT2D eigenvalue weighted by molar-refractivity contribution is -0.385. The summed E-state index contributed by atoms with van der Waals surface area (Å²) in [6.07, 6.45) is -4.10. The lowest BCUT2D eigenvalue weighted by atomic mass is 10.2. The summed E-state index contributed by atoms with van der Waals surface area (Å²) in [7, 11) is 0. The van der Waals surface area contributed by atoms with E-state index in [9.17, 15) is 28.1 Å². The van der Waals surface area contributed by atoms with Crippen molar-refractivity contribution in [3.05, 3.63) is 75.4 Å². The van der Waals surface area contributed by atoms with Gasteiger partial charge in [0.05, 0.1) is 10.5 Å². The first-order chi connectivity index (χ1) is 15.5. The van der Waals surface area contributed by atoms with Gasteiger partial charge in [0.15, 0.2) is 6.61 Å². The van der Waals surface area contributed by atoms with Crippen molar-refractivity contribution in [3.8, 4) is 28.9 Å². The Balaban J connectivity index is 1.83. The van der Waals surface area contributed by atoms with Gasteiger partial charge in [0.1, 0.15) is 22.3 Å². The Bertz CT molecular complexity index is 1190. The molecule has 0 bridgehead atoms. The molecule has 0 amide bonds. The number of nitro benzene ring substituents is 1. The molecule has 13 heteroatoms. The Hall–Kier alpha value is -4.06. The highest BCUT2D eigenvalue weighted by Gasteiger charge is 2.32. The number of benzene rings is 2. The minimum atomic E-state index is -4.64. The second-order valence-electron chi connectivity index (χ2n) is 6.25. The van der Waals surface area contributed by atoms with Gasteiger partial charge < -0.3 is 19.3 Å². The first-order valence-corrected chi connectivity index (χ1v) is 9.22. The van der Waals surface area contributed by atoms with E-state index >= 15 is 0 Å². The van der Waals surface area contributed by atoms with E-state index in [4.69, 9.17) is 30.9 Å². The van der Waals surface area contributed by atoms with Crippen LogP contribution in [0.25, 0.3) is 0 Å². The van der Waals surface area contributed by atoms with Crippen molar-refractivity contribution in [1.29, 1.82) is 0 Å². The summed E-state index contributed by atoms with van der Waals surface area (Å²) in [5.41, 5.74) is -1.48. The highest BCUT2D eigenvalue weighted by molar-refractivity contribution is 6.31. The van der Waals surface area contributed by atoms with Crippen molar-refractivity contribution >= 4 is 23.3 Å². The van der Waals surface area contributed by atoms with Gasteiger partial charge in [-0.1, -0.05) is 11.6 Å². The lowest BCUT2D eigenvalue weighted by Gasteiger charge is -2.12. The average molecular weight is 485 g/mol. The van der Waals surface area contributed by atoms with Crippen LogP contribution in [0.1, 0.15) is 5.56 Å². The second-order valence-corrected chi connectivity index (χ2v) is 6.66. The smallest absolute Gasteiger partial charge is 0.417 e. The molecule has 3 aromatic rings. The van der Waals surface area contributed by atoms with Crippen LogP contribution in [-0.2, 0) is 11.0 Å². The fraction of sp³-hybridized carbons (Fsp3) is 0.100. The summed E-state index contributed by atoms with van der Waals surface area (Å²) in [5.74, 6) is -1.39. The molecule has 0 radical (unpaired) electrons. The van der Waals surface area contributed by atoms with Gasteiger partial charge in [-0.05, 0) is 36.4 Å². The molecule has 33 heavy (non-hydrogen) atoms. The van der Waals surface area contributed by atoms with Gasteiger partial charge >= 0.3 is 17.8 Å². The van der Waals surface area contributed by atoms with E-state index in [-0.39, 0.29) is 28.9 Å². The third kappa shape index (κ3) is 6.23. The first-order valence-electron chi connectivity index (χ1n) is 8.84. The fourth-order valence-electron chi connectivity index (χ4n) is 2.43.